The summed E-state index contributed by atoms with van der Waals surface area (Å²) in [6.45, 7) is 8.18. The number of nitrogens with one attached hydrogen (secondary N) is 1. The Labute approximate surface area is 116 Å². The van der Waals surface area contributed by atoms with Gasteiger partial charge in [0.05, 0.1) is 29.9 Å². The van der Waals surface area contributed by atoms with Crippen LogP contribution in [0.4, 0.5) is 11.4 Å². The van der Waals surface area contributed by atoms with Gasteiger partial charge >= 0.3 is 0 Å². The third kappa shape index (κ3) is 4.10. The SMILES string of the molecule is CCCNc1cncc(N2CCC(OCC)CC2)c1. The van der Waals surface area contributed by atoms with Crippen LogP contribution in [0.1, 0.15) is 33.1 Å². The molecule has 0 unspecified atom stereocenters. The van der Waals surface area contributed by atoms with Gasteiger partial charge in [-0.15, -0.1) is 0 Å². The highest BCUT2D eigenvalue weighted by atomic mass is 16.5. The van der Waals surface area contributed by atoms with E-state index in [0.29, 0.717) is 6.10 Å². The predicted octanol–water partition coefficient (Wildman–Crippen LogP) is 2.91. The summed E-state index contributed by atoms with van der Waals surface area (Å²) < 4.78 is 5.69. The van der Waals surface area contributed by atoms with E-state index in [4.69, 9.17) is 4.74 Å². The Kier molecular flexibility index (Phi) is 5.45. The molecule has 4 heteroatoms. The lowest BCUT2D eigenvalue weighted by atomic mass is 10.1. The van der Waals surface area contributed by atoms with Crippen LogP contribution >= 0.6 is 0 Å². The van der Waals surface area contributed by atoms with Crippen LogP contribution in [-0.2, 0) is 4.74 Å². The third-order valence-corrected chi connectivity index (χ3v) is 3.51. The van der Waals surface area contributed by atoms with Gasteiger partial charge in [0.15, 0.2) is 0 Å². The summed E-state index contributed by atoms with van der Waals surface area (Å²) >= 11 is 0. The molecule has 0 aliphatic carbocycles. The Morgan fingerprint density at radius 3 is 2.79 bits per heavy atom. The second-order valence-electron chi connectivity index (χ2n) is 5.00. The van der Waals surface area contributed by atoms with Gasteiger partial charge in [-0.1, -0.05) is 6.92 Å². The minimum Gasteiger partial charge on any atom is -0.384 e. The number of hydrogen-bond donors (Lipinski definition) is 1. The Hall–Kier alpha value is -1.29. The maximum Gasteiger partial charge on any atom is 0.0608 e. The lowest BCUT2D eigenvalue weighted by Crippen LogP contribution is -2.37. The fraction of sp³-hybridized carbons (Fsp3) is 0.667. The Bertz CT molecular complexity index is 375. The van der Waals surface area contributed by atoms with E-state index in [1.54, 1.807) is 0 Å². The van der Waals surface area contributed by atoms with E-state index in [-0.39, 0.29) is 0 Å². The molecule has 2 heterocycles. The molecule has 0 bridgehead atoms. The molecular formula is C15H25N3O. The largest absolute Gasteiger partial charge is 0.384 e. The lowest BCUT2D eigenvalue weighted by molar-refractivity contribution is 0.0459. The maximum atomic E-state index is 5.69. The molecule has 0 aromatic carbocycles. The first-order chi connectivity index (χ1) is 9.33. The first-order valence-electron chi connectivity index (χ1n) is 7.39. The number of ether oxygens (including phenoxy) is 1. The maximum absolute atomic E-state index is 5.69. The van der Waals surface area contributed by atoms with Crippen molar-refractivity contribution in [2.24, 2.45) is 0 Å². The van der Waals surface area contributed by atoms with E-state index in [0.717, 1.165) is 51.2 Å². The van der Waals surface area contributed by atoms with Crippen molar-refractivity contribution in [1.82, 2.24) is 4.98 Å². The van der Waals surface area contributed by atoms with Gasteiger partial charge in [-0.25, -0.2) is 0 Å². The highest BCUT2D eigenvalue weighted by Gasteiger charge is 2.19. The van der Waals surface area contributed by atoms with E-state index in [1.165, 1.54) is 5.69 Å². The molecular weight excluding hydrogens is 238 g/mol. The molecule has 1 N–H and O–H groups in total. The van der Waals surface area contributed by atoms with Crippen molar-refractivity contribution in [3.05, 3.63) is 18.5 Å². The van der Waals surface area contributed by atoms with E-state index in [1.807, 2.05) is 12.4 Å². The highest BCUT2D eigenvalue weighted by Crippen LogP contribution is 2.23. The average molecular weight is 263 g/mol. The molecule has 2 rings (SSSR count). The van der Waals surface area contributed by atoms with Gasteiger partial charge in [0.2, 0.25) is 0 Å². The summed E-state index contributed by atoms with van der Waals surface area (Å²) in [5, 5.41) is 3.39. The minimum atomic E-state index is 0.440. The van der Waals surface area contributed by atoms with Gasteiger partial charge in [0, 0.05) is 26.2 Å². The Balaban J connectivity index is 1.91. The molecule has 0 amide bonds. The molecule has 0 spiro atoms. The summed E-state index contributed by atoms with van der Waals surface area (Å²) in [5.41, 5.74) is 2.34. The molecule has 19 heavy (non-hydrogen) atoms. The fourth-order valence-corrected chi connectivity index (χ4v) is 2.48. The summed E-state index contributed by atoms with van der Waals surface area (Å²) in [4.78, 5) is 6.74. The molecule has 1 aromatic rings. The van der Waals surface area contributed by atoms with Crippen molar-refractivity contribution < 1.29 is 4.74 Å². The van der Waals surface area contributed by atoms with E-state index in [2.05, 4.69) is 35.1 Å². The molecule has 1 saturated heterocycles. The Morgan fingerprint density at radius 2 is 2.11 bits per heavy atom. The first-order valence-corrected chi connectivity index (χ1v) is 7.39. The van der Waals surface area contributed by atoms with Crippen LogP contribution in [0.25, 0.3) is 0 Å². The second kappa shape index (κ2) is 7.34. The zero-order valence-electron chi connectivity index (χ0n) is 12.1. The van der Waals surface area contributed by atoms with Crippen LogP contribution in [0.5, 0.6) is 0 Å². The molecule has 1 aliphatic heterocycles. The Morgan fingerprint density at radius 1 is 1.32 bits per heavy atom. The van der Waals surface area contributed by atoms with Gasteiger partial charge in [0.25, 0.3) is 0 Å². The standard InChI is InChI=1S/C15H25N3O/c1-3-7-17-13-10-14(12-16-11-13)18-8-5-15(6-9-18)19-4-2/h10-12,15,17H,3-9H2,1-2H3. The normalized spacial score (nSPS) is 16.6. The monoisotopic (exact) mass is 263 g/mol. The number of anilines is 2. The lowest BCUT2D eigenvalue weighted by Gasteiger charge is -2.33. The smallest absolute Gasteiger partial charge is 0.0608 e. The number of nitrogens with zero attached hydrogens (tertiary/aromatic N) is 2. The summed E-state index contributed by atoms with van der Waals surface area (Å²) in [5.74, 6) is 0. The number of hydrogen-bond acceptors (Lipinski definition) is 4. The van der Waals surface area contributed by atoms with Crippen molar-refractivity contribution in [2.45, 2.75) is 39.2 Å². The molecule has 0 saturated carbocycles. The summed E-state index contributed by atoms with van der Waals surface area (Å²) in [6.07, 6.45) is 7.64. The number of piperidine rings is 1. The van der Waals surface area contributed by atoms with Crippen molar-refractivity contribution in [2.75, 3.05) is 36.5 Å². The van der Waals surface area contributed by atoms with Gasteiger partial charge in [0.1, 0.15) is 0 Å². The van der Waals surface area contributed by atoms with Gasteiger partial charge in [-0.3, -0.25) is 4.98 Å². The van der Waals surface area contributed by atoms with E-state index in [9.17, 15) is 0 Å². The zero-order valence-corrected chi connectivity index (χ0v) is 12.1. The molecule has 106 valence electrons. The van der Waals surface area contributed by atoms with Crippen LogP contribution in [0.2, 0.25) is 0 Å². The van der Waals surface area contributed by atoms with Gasteiger partial charge in [-0.05, 0) is 32.3 Å². The van der Waals surface area contributed by atoms with Crippen LogP contribution in [0, 0.1) is 0 Å². The molecule has 0 atom stereocenters. The summed E-state index contributed by atoms with van der Waals surface area (Å²) in [6, 6.07) is 2.20. The highest BCUT2D eigenvalue weighted by molar-refractivity contribution is 5.55. The molecule has 1 aliphatic rings. The van der Waals surface area contributed by atoms with E-state index >= 15 is 0 Å². The first kappa shape index (κ1) is 14.1. The number of pyridine rings is 1. The van der Waals surface area contributed by atoms with Crippen molar-refractivity contribution in [3.63, 3.8) is 0 Å². The molecule has 1 aromatic heterocycles. The third-order valence-electron chi connectivity index (χ3n) is 3.51. The minimum absolute atomic E-state index is 0.440. The molecule has 0 radical (unpaired) electrons. The number of aromatic nitrogens is 1. The van der Waals surface area contributed by atoms with Crippen molar-refractivity contribution in [3.8, 4) is 0 Å². The number of rotatable bonds is 6. The van der Waals surface area contributed by atoms with Crippen molar-refractivity contribution in [1.29, 1.82) is 0 Å². The average Bonchev–Trinajstić information content (AvgIpc) is 2.46. The second-order valence-corrected chi connectivity index (χ2v) is 5.00. The topological polar surface area (TPSA) is 37.4 Å². The van der Waals surface area contributed by atoms with Crippen molar-refractivity contribution >= 4 is 11.4 Å². The predicted molar refractivity (Wildman–Crippen MR) is 79.9 cm³/mol. The molecule has 4 nitrogen and oxygen atoms in total. The fourth-order valence-electron chi connectivity index (χ4n) is 2.48. The zero-order chi connectivity index (χ0) is 13.5. The van der Waals surface area contributed by atoms with E-state index < -0.39 is 0 Å². The van der Waals surface area contributed by atoms with Crippen LogP contribution in [0.3, 0.4) is 0 Å². The molecule has 1 fully saturated rings. The van der Waals surface area contributed by atoms with Crippen LogP contribution < -0.4 is 10.2 Å². The van der Waals surface area contributed by atoms with Gasteiger partial charge < -0.3 is 15.0 Å². The van der Waals surface area contributed by atoms with Gasteiger partial charge in [-0.2, -0.15) is 0 Å². The van der Waals surface area contributed by atoms with Crippen LogP contribution in [0.15, 0.2) is 18.5 Å². The quantitative estimate of drug-likeness (QED) is 0.856. The summed E-state index contributed by atoms with van der Waals surface area (Å²) in [7, 11) is 0. The van der Waals surface area contributed by atoms with Crippen LogP contribution in [-0.4, -0.2) is 37.3 Å².